The largest absolute Gasteiger partial charge is 0.464 e. The van der Waals surface area contributed by atoms with Gasteiger partial charge >= 0.3 is 6.01 Å². The molecule has 3 aromatic rings. The van der Waals surface area contributed by atoms with Gasteiger partial charge in [0.25, 0.3) is 5.91 Å². The summed E-state index contributed by atoms with van der Waals surface area (Å²) < 4.78 is 5.33. The number of nitrogens with zero attached hydrogens (tertiary/aromatic N) is 2. The highest BCUT2D eigenvalue weighted by Gasteiger charge is 2.15. The maximum absolute atomic E-state index is 12.7. The highest BCUT2D eigenvalue weighted by atomic mass is 16.5. The number of aromatic nitrogens is 2. The Hall–Kier alpha value is -2.95. The highest BCUT2D eigenvalue weighted by Crippen LogP contribution is 2.23. The Labute approximate surface area is 140 Å². The van der Waals surface area contributed by atoms with E-state index in [0.29, 0.717) is 35.3 Å². The summed E-state index contributed by atoms with van der Waals surface area (Å²) >= 11 is 0. The smallest absolute Gasteiger partial charge is 0.316 e. The molecule has 0 bridgehead atoms. The van der Waals surface area contributed by atoms with E-state index in [9.17, 15) is 4.79 Å². The van der Waals surface area contributed by atoms with Gasteiger partial charge in [-0.3, -0.25) is 4.79 Å². The van der Waals surface area contributed by atoms with Gasteiger partial charge in [0.1, 0.15) is 0 Å². The highest BCUT2D eigenvalue weighted by molar-refractivity contribution is 6.13. The van der Waals surface area contributed by atoms with Crippen LogP contribution in [0.3, 0.4) is 0 Å². The van der Waals surface area contributed by atoms with Gasteiger partial charge in [0.2, 0.25) is 0 Å². The molecule has 0 aliphatic rings. The topological polar surface area (TPSA) is 64.1 Å². The van der Waals surface area contributed by atoms with Gasteiger partial charge in [-0.2, -0.15) is 9.97 Å². The van der Waals surface area contributed by atoms with Crippen molar-refractivity contribution in [3.05, 3.63) is 59.4 Å². The Morgan fingerprint density at radius 1 is 1.04 bits per heavy atom. The van der Waals surface area contributed by atoms with E-state index < -0.39 is 0 Å². The quantitative estimate of drug-likeness (QED) is 0.791. The zero-order valence-electron chi connectivity index (χ0n) is 14.0. The minimum atomic E-state index is -0.175. The molecular weight excluding hydrogens is 302 g/mol. The Kier molecular flexibility index (Phi) is 4.42. The van der Waals surface area contributed by atoms with Crippen molar-refractivity contribution in [1.29, 1.82) is 0 Å². The van der Waals surface area contributed by atoms with Crippen LogP contribution >= 0.6 is 0 Å². The summed E-state index contributed by atoms with van der Waals surface area (Å²) in [5, 5.41) is 4.88. The van der Waals surface area contributed by atoms with Crippen LogP contribution in [0.5, 0.6) is 6.01 Å². The number of carbonyl (C=O) groups excluding carboxylic acids is 1. The van der Waals surface area contributed by atoms with E-state index in [-0.39, 0.29) is 5.91 Å². The molecule has 0 aliphatic carbocycles. The molecule has 1 N–H and O–H groups in total. The Bertz CT molecular complexity index is 878. The molecule has 0 atom stereocenters. The van der Waals surface area contributed by atoms with Crippen LogP contribution in [0.1, 0.15) is 28.7 Å². The maximum Gasteiger partial charge on any atom is 0.316 e. The first-order valence-corrected chi connectivity index (χ1v) is 7.87. The summed E-state index contributed by atoms with van der Waals surface area (Å²) in [6.45, 7) is 6.04. The van der Waals surface area contributed by atoms with Crippen molar-refractivity contribution >= 4 is 22.4 Å². The minimum Gasteiger partial charge on any atom is -0.464 e. The molecule has 1 amide bonds. The maximum atomic E-state index is 12.7. The molecule has 1 heterocycles. The van der Waals surface area contributed by atoms with E-state index in [2.05, 4.69) is 15.3 Å². The number of amides is 1. The van der Waals surface area contributed by atoms with Crippen LogP contribution in [0.4, 0.5) is 5.69 Å². The molecule has 3 rings (SSSR count). The average Bonchev–Trinajstić information content (AvgIpc) is 2.58. The van der Waals surface area contributed by atoms with E-state index in [1.54, 1.807) is 0 Å². The number of fused-ring (bicyclic) bond motifs is 1. The number of nitrogens with one attached hydrogen (secondary N) is 1. The number of hydrogen-bond donors (Lipinski definition) is 1. The van der Waals surface area contributed by atoms with Gasteiger partial charge in [-0.15, -0.1) is 0 Å². The standard InChI is InChI=1S/C19H19N3O2/c1-4-24-19-20-12(2)17(13(3)21-19)22-18(23)16-11-7-9-14-8-5-6-10-15(14)16/h5-11H,4H2,1-3H3,(H,22,23). The third kappa shape index (κ3) is 3.06. The van der Waals surface area contributed by atoms with Crippen molar-refractivity contribution in [2.75, 3.05) is 11.9 Å². The molecule has 0 saturated heterocycles. The number of hydrogen-bond acceptors (Lipinski definition) is 4. The molecule has 0 unspecified atom stereocenters. The molecule has 1 aromatic heterocycles. The van der Waals surface area contributed by atoms with Crippen molar-refractivity contribution in [1.82, 2.24) is 9.97 Å². The van der Waals surface area contributed by atoms with Gasteiger partial charge in [0.15, 0.2) is 0 Å². The zero-order chi connectivity index (χ0) is 17.1. The van der Waals surface area contributed by atoms with E-state index in [4.69, 9.17) is 4.74 Å². The van der Waals surface area contributed by atoms with Gasteiger partial charge in [-0.1, -0.05) is 36.4 Å². The lowest BCUT2D eigenvalue weighted by Crippen LogP contribution is -2.16. The zero-order valence-corrected chi connectivity index (χ0v) is 14.0. The predicted octanol–water partition coefficient (Wildman–Crippen LogP) is 3.90. The van der Waals surface area contributed by atoms with E-state index in [1.165, 1.54) is 0 Å². The lowest BCUT2D eigenvalue weighted by molar-refractivity contribution is 0.102. The number of anilines is 1. The van der Waals surface area contributed by atoms with Crippen molar-refractivity contribution in [3.8, 4) is 6.01 Å². The van der Waals surface area contributed by atoms with Crippen LogP contribution in [0.25, 0.3) is 10.8 Å². The number of aryl methyl sites for hydroxylation is 2. The molecule has 5 nitrogen and oxygen atoms in total. The predicted molar refractivity (Wildman–Crippen MR) is 94.6 cm³/mol. The molecule has 24 heavy (non-hydrogen) atoms. The monoisotopic (exact) mass is 321 g/mol. The number of ether oxygens (including phenoxy) is 1. The van der Waals surface area contributed by atoms with Gasteiger partial charge < -0.3 is 10.1 Å². The van der Waals surface area contributed by atoms with Crippen molar-refractivity contribution in [3.63, 3.8) is 0 Å². The third-order valence-electron chi connectivity index (χ3n) is 3.80. The lowest BCUT2D eigenvalue weighted by Gasteiger charge is -2.13. The molecule has 0 saturated carbocycles. The minimum absolute atomic E-state index is 0.175. The summed E-state index contributed by atoms with van der Waals surface area (Å²) in [5.74, 6) is -0.175. The molecule has 122 valence electrons. The average molecular weight is 321 g/mol. The second-order valence-corrected chi connectivity index (χ2v) is 5.47. The van der Waals surface area contributed by atoms with Gasteiger partial charge in [-0.05, 0) is 37.6 Å². The number of carbonyl (C=O) groups is 1. The van der Waals surface area contributed by atoms with E-state index in [0.717, 1.165) is 10.8 Å². The summed E-state index contributed by atoms with van der Waals surface area (Å²) in [6.07, 6.45) is 0. The fourth-order valence-corrected chi connectivity index (χ4v) is 2.66. The number of rotatable bonds is 4. The summed E-state index contributed by atoms with van der Waals surface area (Å²) in [5.41, 5.74) is 2.61. The van der Waals surface area contributed by atoms with E-state index in [1.807, 2.05) is 63.2 Å². The normalized spacial score (nSPS) is 10.6. The molecule has 5 heteroatoms. The second-order valence-electron chi connectivity index (χ2n) is 5.47. The van der Waals surface area contributed by atoms with Crippen LogP contribution in [0.15, 0.2) is 42.5 Å². The first kappa shape index (κ1) is 15.9. The molecular formula is C19H19N3O2. The van der Waals surface area contributed by atoms with Crippen LogP contribution < -0.4 is 10.1 Å². The van der Waals surface area contributed by atoms with Gasteiger partial charge in [0.05, 0.1) is 23.7 Å². The molecule has 0 radical (unpaired) electrons. The first-order valence-electron chi connectivity index (χ1n) is 7.87. The van der Waals surface area contributed by atoms with Gasteiger partial charge in [-0.25, -0.2) is 0 Å². The fourth-order valence-electron chi connectivity index (χ4n) is 2.66. The van der Waals surface area contributed by atoms with Crippen LogP contribution in [0.2, 0.25) is 0 Å². The number of benzene rings is 2. The third-order valence-corrected chi connectivity index (χ3v) is 3.80. The van der Waals surface area contributed by atoms with Crippen LogP contribution in [-0.4, -0.2) is 22.5 Å². The summed E-state index contributed by atoms with van der Waals surface area (Å²) in [7, 11) is 0. The molecule has 0 fully saturated rings. The fraction of sp³-hybridized carbons (Fsp3) is 0.211. The summed E-state index contributed by atoms with van der Waals surface area (Å²) in [4.78, 5) is 21.3. The van der Waals surface area contributed by atoms with Crippen LogP contribution in [-0.2, 0) is 0 Å². The second kappa shape index (κ2) is 6.66. The van der Waals surface area contributed by atoms with Crippen molar-refractivity contribution in [2.45, 2.75) is 20.8 Å². The van der Waals surface area contributed by atoms with Gasteiger partial charge in [0, 0.05) is 5.56 Å². The Morgan fingerprint density at radius 3 is 2.42 bits per heavy atom. The van der Waals surface area contributed by atoms with Crippen molar-refractivity contribution < 1.29 is 9.53 Å². The molecule has 2 aromatic carbocycles. The Morgan fingerprint density at radius 2 is 1.71 bits per heavy atom. The Balaban J connectivity index is 1.95. The summed E-state index contributed by atoms with van der Waals surface area (Å²) in [6, 6.07) is 13.8. The van der Waals surface area contributed by atoms with Crippen molar-refractivity contribution in [2.24, 2.45) is 0 Å². The van der Waals surface area contributed by atoms with E-state index >= 15 is 0 Å². The molecule has 0 spiro atoms. The van der Waals surface area contributed by atoms with Crippen LogP contribution in [0, 0.1) is 13.8 Å². The SMILES string of the molecule is CCOc1nc(C)c(NC(=O)c2cccc3ccccc23)c(C)n1. The molecule has 0 aliphatic heterocycles. The first-order chi connectivity index (χ1) is 11.6. The lowest BCUT2D eigenvalue weighted by atomic mass is 10.0.